The summed E-state index contributed by atoms with van der Waals surface area (Å²) in [6.07, 6.45) is 67.8. The monoisotopic (exact) mass is 1080 g/mol. The molecule has 0 bridgehead atoms. The third-order valence-electron chi connectivity index (χ3n) is 27.6. The first kappa shape index (κ1) is 54.2. The zero-order chi connectivity index (χ0) is 53.7. The van der Waals surface area contributed by atoms with Crippen LogP contribution in [0.1, 0.15) is 249 Å². The van der Waals surface area contributed by atoms with E-state index < -0.39 is 0 Å². The first-order chi connectivity index (χ1) is 37.4. The van der Waals surface area contributed by atoms with E-state index in [1.165, 1.54) is 180 Å². The minimum absolute atomic E-state index is 0.184. The highest BCUT2D eigenvalue weighted by Crippen LogP contribution is 2.77. The lowest BCUT2D eigenvalue weighted by molar-refractivity contribution is -0.0664. The lowest BCUT2D eigenvalue weighted by atomic mass is 9.55. The van der Waals surface area contributed by atoms with Crippen molar-refractivity contribution in [2.45, 2.75) is 307 Å². The molecule has 0 aromatic carbocycles. The molecular weight excluding hydrogens is 963 g/mol. The molecule has 4 heterocycles. The molecule has 0 radical (unpaired) electrons. The third kappa shape index (κ3) is 8.29. The predicted molar refractivity (Wildman–Crippen MR) is 334 cm³/mol. The fourth-order valence-electron chi connectivity index (χ4n) is 23.7. The van der Waals surface area contributed by atoms with Gasteiger partial charge in [-0.3, -0.25) is 9.80 Å². The van der Waals surface area contributed by atoms with Gasteiger partial charge in [-0.05, 0) is 204 Å². The Morgan fingerprint density at radius 1 is 0.628 bits per heavy atom. The molecular formula is C74H113N3S. The van der Waals surface area contributed by atoms with Gasteiger partial charge >= 0.3 is 0 Å². The van der Waals surface area contributed by atoms with Gasteiger partial charge in [-0.2, -0.15) is 0 Å². The lowest BCUT2D eigenvalue weighted by Gasteiger charge is -2.69. The summed E-state index contributed by atoms with van der Waals surface area (Å²) in [7, 11) is -0.375. The van der Waals surface area contributed by atoms with E-state index >= 15 is 0 Å². The smallest absolute Gasteiger partial charge is 0.0541 e. The topological polar surface area (TPSA) is 9.72 Å². The van der Waals surface area contributed by atoms with Gasteiger partial charge in [0.25, 0.3) is 0 Å². The van der Waals surface area contributed by atoms with Crippen LogP contribution >= 0.6 is 10.9 Å². The normalized spacial score (nSPS) is 43.3. The highest BCUT2D eigenvalue weighted by molar-refractivity contribution is 8.21. The fourth-order valence-corrected chi connectivity index (χ4v) is 28.1. The van der Waals surface area contributed by atoms with Crippen molar-refractivity contribution in [3.63, 3.8) is 0 Å². The molecule has 2 spiro atoms. The molecule has 0 amide bonds. The Hall–Kier alpha value is -1.75. The van der Waals surface area contributed by atoms with Gasteiger partial charge in [0, 0.05) is 63.4 Å². The second-order valence-corrected chi connectivity index (χ2v) is 35.9. The summed E-state index contributed by atoms with van der Waals surface area (Å²) in [4.78, 5) is 12.5. The van der Waals surface area contributed by atoms with Crippen molar-refractivity contribution in [2.24, 2.45) is 69.0 Å². The molecule has 4 heteroatoms. The lowest BCUT2D eigenvalue weighted by Crippen LogP contribution is -2.74. The van der Waals surface area contributed by atoms with Crippen molar-refractivity contribution >= 4 is 10.9 Å². The van der Waals surface area contributed by atoms with E-state index in [0.29, 0.717) is 64.8 Å². The second kappa shape index (κ2) is 19.9. The maximum absolute atomic E-state index is 3.54. The summed E-state index contributed by atoms with van der Waals surface area (Å²) in [5.41, 5.74) is 7.06. The molecule has 0 aromatic rings. The van der Waals surface area contributed by atoms with Crippen LogP contribution in [-0.2, 0) is 0 Å². The molecule has 15 atom stereocenters. The van der Waals surface area contributed by atoms with Crippen LogP contribution in [0, 0.1) is 69.0 Å². The Balaban J connectivity index is 0.983. The number of rotatable bonds is 6. The van der Waals surface area contributed by atoms with Crippen molar-refractivity contribution in [3.05, 3.63) is 82.5 Å². The summed E-state index contributed by atoms with van der Waals surface area (Å²) in [6.45, 7) is 26.7. The van der Waals surface area contributed by atoms with Gasteiger partial charge in [0.2, 0.25) is 0 Å². The Bertz CT molecular complexity index is 2460. The molecule has 10 aliphatic carbocycles. The Labute approximate surface area is 481 Å². The number of hydrogen-bond donors (Lipinski definition) is 1. The molecule has 14 rings (SSSR count). The van der Waals surface area contributed by atoms with Gasteiger partial charge in [0.1, 0.15) is 0 Å². The van der Waals surface area contributed by atoms with Crippen LogP contribution in [0.5, 0.6) is 0 Å². The minimum atomic E-state index is -0.375. The van der Waals surface area contributed by atoms with Crippen molar-refractivity contribution in [1.29, 1.82) is 0 Å². The summed E-state index contributed by atoms with van der Waals surface area (Å²) >= 11 is 0. The van der Waals surface area contributed by atoms with Crippen LogP contribution in [0.15, 0.2) is 82.5 Å². The van der Waals surface area contributed by atoms with E-state index in [1.54, 1.807) is 11.3 Å². The van der Waals surface area contributed by atoms with Crippen molar-refractivity contribution in [3.8, 4) is 0 Å². The standard InChI is InChI=1S/C74H113N3S/c1-69(2,3)54-32-35-56(36-33-54)75(61-37-34-55(70(4,5)6)46-58(61)51-30-20-13-21-31-51)57-47-62-68-63(48-57)77-67-60(74(72(77,9)10)40-24-15-25-41-74)43-53(50-28-18-12-19-29-50)45-65(67)78(68)64-44-52(49-26-16-11-17-27-49)42-59-66(64)76(62)71(7,8)73(59)38-22-14-23-39-73/h13,20,30,32,34-37,44-45,49-50,52,54-55,57-63,65-68,78H,11-12,14-19,21-29,31,33,38-43,46-48H2,1-10H3. The average Bonchev–Trinajstić information content (AvgIpc) is 3.63. The number of nitrogens with zero attached hydrogens (tertiary/aromatic N) is 3. The van der Waals surface area contributed by atoms with E-state index in [9.17, 15) is 0 Å². The molecule has 4 aliphatic heterocycles. The van der Waals surface area contributed by atoms with E-state index in [-0.39, 0.29) is 32.8 Å². The van der Waals surface area contributed by atoms with E-state index in [1.807, 2.05) is 5.57 Å². The molecule has 14 aliphatic rings. The van der Waals surface area contributed by atoms with Gasteiger partial charge in [0.15, 0.2) is 0 Å². The third-order valence-corrected chi connectivity index (χ3v) is 31.1. The molecule has 9 fully saturated rings. The molecule has 430 valence electrons. The predicted octanol–water partition coefficient (Wildman–Crippen LogP) is 18.8. The molecule has 0 N–H and O–H groups in total. The van der Waals surface area contributed by atoms with E-state index in [0.717, 1.165) is 40.1 Å². The minimum Gasteiger partial charge on any atom is -0.362 e. The average molecular weight is 1080 g/mol. The van der Waals surface area contributed by atoms with Crippen molar-refractivity contribution in [1.82, 2.24) is 14.7 Å². The van der Waals surface area contributed by atoms with E-state index in [4.69, 9.17) is 0 Å². The van der Waals surface area contributed by atoms with Crippen LogP contribution in [0.3, 0.4) is 0 Å². The second-order valence-electron chi connectivity index (χ2n) is 33.3. The largest absolute Gasteiger partial charge is 0.362 e. The van der Waals surface area contributed by atoms with E-state index in [2.05, 4.69) is 150 Å². The quantitative estimate of drug-likeness (QED) is 0.210. The highest BCUT2D eigenvalue weighted by atomic mass is 32.2. The Morgan fingerprint density at radius 3 is 1.88 bits per heavy atom. The van der Waals surface area contributed by atoms with Crippen LogP contribution in [-0.4, -0.2) is 72.5 Å². The summed E-state index contributed by atoms with van der Waals surface area (Å²) in [5.74, 6) is 5.94. The number of allylic oxidation sites excluding steroid dienone is 9. The molecule has 0 aromatic heterocycles. The van der Waals surface area contributed by atoms with Crippen LogP contribution in [0.4, 0.5) is 0 Å². The van der Waals surface area contributed by atoms with Gasteiger partial charge in [-0.25, -0.2) is 10.9 Å². The van der Waals surface area contributed by atoms with Gasteiger partial charge in [-0.1, -0.05) is 184 Å². The first-order valence-electron chi connectivity index (χ1n) is 34.4. The van der Waals surface area contributed by atoms with Gasteiger partial charge in [0.05, 0.1) is 6.04 Å². The zero-order valence-electron chi connectivity index (χ0n) is 51.6. The fraction of sp³-hybridized carbons (Fsp3) is 0.811. The Kier molecular flexibility index (Phi) is 13.9. The molecule has 3 nitrogen and oxygen atoms in total. The molecule has 15 unspecified atom stereocenters. The SMILES string of the molecule is CC(C)(C)C1C=CC(N(C2CC3C4C(C2)N2C5C(C=C(C6CCCCC6)CC5C5(CCCCC5)C2(C)C)[SH]4C2=CC(C4CCCCC4)CC4C2N3C(C)(C)C42CCCCC2)C2C=CC(C(C)(C)C)CC2C2=CC=CCC2)=CC1. The van der Waals surface area contributed by atoms with Crippen molar-refractivity contribution in [2.75, 3.05) is 0 Å². The van der Waals surface area contributed by atoms with Crippen LogP contribution < -0.4 is 0 Å². The summed E-state index contributed by atoms with van der Waals surface area (Å²) in [5, 5.41) is 1.49. The van der Waals surface area contributed by atoms with Crippen LogP contribution in [0.25, 0.3) is 0 Å². The van der Waals surface area contributed by atoms with Crippen LogP contribution in [0.2, 0.25) is 0 Å². The molecule has 78 heavy (non-hydrogen) atoms. The summed E-state index contributed by atoms with van der Waals surface area (Å²) in [6, 6.07) is 3.51. The number of thiol groups is 1. The van der Waals surface area contributed by atoms with Gasteiger partial charge in [-0.15, -0.1) is 0 Å². The van der Waals surface area contributed by atoms with Crippen molar-refractivity contribution < 1.29 is 0 Å². The molecule has 5 saturated carbocycles. The first-order valence-corrected chi connectivity index (χ1v) is 35.9. The maximum atomic E-state index is 3.54. The highest BCUT2D eigenvalue weighted by Gasteiger charge is 2.76. The van der Waals surface area contributed by atoms with Gasteiger partial charge < -0.3 is 4.90 Å². The summed E-state index contributed by atoms with van der Waals surface area (Å²) < 4.78 is 0. The zero-order valence-corrected chi connectivity index (χ0v) is 52.5. The molecule has 4 saturated heterocycles. The maximum Gasteiger partial charge on any atom is 0.0541 e. The number of fused-ring (bicyclic) bond motifs is 6. The number of hydrogen-bond acceptors (Lipinski definition) is 3. The Morgan fingerprint density at radius 2 is 1.26 bits per heavy atom.